The van der Waals surface area contributed by atoms with E-state index in [0.29, 0.717) is 0 Å². The molecule has 0 N–H and O–H groups in total. The van der Waals surface area contributed by atoms with Crippen molar-refractivity contribution in [1.29, 1.82) is 0 Å². The van der Waals surface area contributed by atoms with Crippen LogP contribution in [0.3, 0.4) is 0 Å². The fraction of sp³-hybridized carbons (Fsp3) is 0.186. The van der Waals surface area contributed by atoms with Crippen LogP contribution in [0.5, 0.6) is 0 Å². The van der Waals surface area contributed by atoms with E-state index < -0.39 is 0 Å². The number of aromatic nitrogens is 6. The molecule has 7 heteroatoms. The fourth-order valence-electron chi connectivity index (χ4n) is 15.2. The maximum absolute atomic E-state index is 5.67. The Balaban J connectivity index is 0.00000787. The minimum absolute atomic E-state index is 0. The van der Waals surface area contributed by atoms with E-state index in [9.17, 15) is 0 Å². The van der Waals surface area contributed by atoms with Gasteiger partial charge in [-0.05, 0) is 271 Å². The number of nitrogens with zero attached hydrogens (tertiary/aromatic N) is 6. The SMILES string of the molecule is Cc1cc(C)c(-c2ccc3ccc4ccc(-c5c(C)c(C)c(C#Cc6ccc(-c7c8nc(c(-c9c(C)cc(C)cc9C)c9ccc([n-]9)c(-c9c(C)cc(C)cc9C)c9nc(c(-c%10c(C)cc(C)cc%10C)c%10ccc7[n-]%10)C=C9)C=C8)cc6)c(C)c5C)nc4c3n2)c(C)c1.[Zn+2]. The first-order chi connectivity index (χ1) is 44.2. The summed E-state index contributed by atoms with van der Waals surface area (Å²) in [5.41, 5.74) is 42.0. The molecule has 0 radical (unpaired) electrons. The molecule has 0 saturated heterocycles. The van der Waals surface area contributed by atoms with Crippen LogP contribution in [0.25, 0.3) is 135 Å². The number of benzene rings is 7. The molecule has 2 aliphatic rings. The minimum atomic E-state index is 0. The van der Waals surface area contributed by atoms with Crippen LogP contribution in [-0.4, -0.2) is 19.9 Å². The Hall–Kier alpha value is -9.86. The quantitative estimate of drug-likeness (QED) is 0.0938. The second-order valence-corrected chi connectivity index (χ2v) is 26.1. The maximum Gasteiger partial charge on any atom is 2.00 e. The second kappa shape index (κ2) is 24.0. The third kappa shape index (κ3) is 10.9. The monoisotopic (exact) mass is 1250 g/mol. The first-order valence-corrected chi connectivity index (χ1v) is 32.0. The van der Waals surface area contributed by atoms with Gasteiger partial charge < -0.3 is 9.97 Å². The smallest absolute Gasteiger partial charge is 0.657 e. The standard InChI is InChI=1S/C86H74N6.Zn/c1-45-37-49(5)76(50(6)38-45)66-27-24-63-22-23-64-25-28-67(92-86(64)85(63)91-66)80-59(15)57(13)65(58(14)60(80)16)26-19-61-17-20-62(21-18-61)81-68-29-31-70(87-68)82(77-51(7)39-46(2)40-52(77)8)72-33-35-74(89-72)84(79-55(11)43-48(4)44-56(79)12)75-36-34-73(90-75)83(71-32-30-69(81)88-71)78-53(9)41-47(3)42-54(78)10;/h17-18,20-25,27-44H,1-16H3;/q-2;+2. The van der Waals surface area contributed by atoms with Crippen LogP contribution >= 0.6 is 0 Å². The molecule has 0 saturated carbocycles. The van der Waals surface area contributed by atoms with E-state index in [-0.39, 0.29) is 19.5 Å². The van der Waals surface area contributed by atoms with Crippen LogP contribution in [0, 0.1) is 123 Å². The molecule has 7 heterocycles. The molecule has 0 unspecified atom stereocenters. The number of aryl methyl sites for hydroxylation is 12. The molecule has 12 aromatic rings. The van der Waals surface area contributed by atoms with Crippen molar-refractivity contribution in [2.45, 2.75) is 111 Å². The second-order valence-electron chi connectivity index (χ2n) is 26.1. The molecule has 14 rings (SSSR count). The molecule has 2 aliphatic heterocycles. The van der Waals surface area contributed by atoms with Crippen LogP contribution in [0.4, 0.5) is 0 Å². The van der Waals surface area contributed by atoms with Gasteiger partial charge in [-0.2, -0.15) is 0 Å². The number of pyridine rings is 2. The van der Waals surface area contributed by atoms with Gasteiger partial charge in [0.25, 0.3) is 0 Å². The summed E-state index contributed by atoms with van der Waals surface area (Å²) in [6, 6.07) is 48.4. The third-order valence-electron chi connectivity index (χ3n) is 19.2. The summed E-state index contributed by atoms with van der Waals surface area (Å²) in [5.74, 6) is 7.27. The molecule has 450 valence electrons. The van der Waals surface area contributed by atoms with E-state index >= 15 is 0 Å². The molecular weight excluding hydrogens is 1180 g/mol. The molecule has 5 aromatic heterocycles. The van der Waals surface area contributed by atoms with Gasteiger partial charge in [0.2, 0.25) is 0 Å². The zero-order valence-corrected chi connectivity index (χ0v) is 59.4. The Kier molecular flexibility index (Phi) is 16.0. The molecular formula is C86H74N6Zn. The Morgan fingerprint density at radius 2 is 0.591 bits per heavy atom. The van der Waals surface area contributed by atoms with Gasteiger partial charge in [-0.1, -0.05) is 143 Å². The van der Waals surface area contributed by atoms with Gasteiger partial charge in [0, 0.05) is 33.0 Å². The van der Waals surface area contributed by atoms with E-state index in [2.05, 4.69) is 280 Å². The van der Waals surface area contributed by atoms with Crippen LogP contribution in [0.15, 0.2) is 133 Å². The van der Waals surface area contributed by atoms with Crippen molar-refractivity contribution in [3.05, 3.63) is 256 Å². The molecule has 0 atom stereocenters. The first-order valence-electron chi connectivity index (χ1n) is 32.0. The largest absolute Gasteiger partial charge is 2.00 e. The minimum Gasteiger partial charge on any atom is -0.657 e. The predicted octanol–water partition coefficient (Wildman–Crippen LogP) is 21.3. The number of hydrogen-bond acceptors (Lipinski definition) is 4. The molecule has 0 spiro atoms. The number of rotatable bonds is 6. The Morgan fingerprint density at radius 3 is 0.957 bits per heavy atom. The van der Waals surface area contributed by atoms with E-state index in [4.69, 9.17) is 29.9 Å². The van der Waals surface area contributed by atoms with Gasteiger partial charge >= 0.3 is 19.5 Å². The van der Waals surface area contributed by atoms with Crippen LogP contribution in [0.1, 0.15) is 123 Å². The predicted molar refractivity (Wildman–Crippen MR) is 388 cm³/mol. The van der Waals surface area contributed by atoms with Crippen LogP contribution in [-0.2, 0) is 19.5 Å². The Bertz CT molecular complexity index is 5340. The zero-order valence-electron chi connectivity index (χ0n) is 56.4. The summed E-state index contributed by atoms with van der Waals surface area (Å²) in [5, 5.41) is 2.14. The average Bonchev–Trinajstić information content (AvgIpc) is 1.75. The van der Waals surface area contributed by atoms with Crippen molar-refractivity contribution in [3.63, 3.8) is 0 Å². The van der Waals surface area contributed by atoms with Crippen molar-refractivity contribution in [3.8, 4) is 78.9 Å². The molecule has 7 aromatic carbocycles. The van der Waals surface area contributed by atoms with E-state index in [1.54, 1.807) is 0 Å². The van der Waals surface area contributed by atoms with Crippen molar-refractivity contribution in [2.24, 2.45) is 0 Å². The van der Waals surface area contributed by atoms with Crippen LogP contribution < -0.4 is 9.97 Å². The first kappa shape index (κ1) is 62.0. The van der Waals surface area contributed by atoms with E-state index in [0.717, 1.165) is 150 Å². The summed E-state index contributed by atoms with van der Waals surface area (Å²) in [6.07, 6.45) is 8.67. The molecule has 0 fully saturated rings. The van der Waals surface area contributed by atoms with Crippen molar-refractivity contribution < 1.29 is 19.5 Å². The summed E-state index contributed by atoms with van der Waals surface area (Å²) < 4.78 is 0. The number of fused-ring (bicyclic) bond motifs is 11. The van der Waals surface area contributed by atoms with Crippen molar-refractivity contribution in [2.75, 3.05) is 0 Å². The van der Waals surface area contributed by atoms with Gasteiger partial charge in [0.05, 0.1) is 45.2 Å². The van der Waals surface area contributed by atoms with Gasteiger partial charge in [-0.15, -0.1) is 22.1 Å². The molecule has 0 aliphatic carbocycles. The summed E-state index contributed by atoms with van der Waals surface area (Å²) in [6.45, 7) is 35.0. The van der Waals surface area contributed by atoms with E-state index in [1.807, 2.05) is 0 Å². The molecule has 0 amide bonds. The van der Waals surface area contributed by atoms with Gasteiger partial charge in [0.15, 0.2) is 0 Å². The molecule has 93 heavy (non-hydrogen) atoms. The summed E-state index contributed by atoms with van der Waals surface area (Å²) in [7, 11) is 0. The van der Waals surface area contributed by atoms with Gasteiger partial charge in [-0.25, -0.2) is 19.9 Å². The van der Waals surface area contributed by atoms with Gasteiger partial charge in [-0.3, -0.25) is 0 Å². The Morgan fingerprint density at radius 1 is 0.280 bits per heavy atom. The van der Waals surface area contributed by atoms with E-state index in [1.165, 1.54) is 83.5 Å². The summed E-state index contributed by atoms with van der Waals surface area (Å²) >= 11 is 0. The van der Waals surface area contributed by atoms with Crippen LogP contribution in [0.2, 0.25) is 0 Å². The average molecular weight is 1260 g/mol. The summed E-state index contributed by atoms with van der Waals surface area (Å²) in [4.78, 5) is 33.5. The van der Waals surface area contributed by atoms with Crippen molar-refractivity contribution >= 4 is 68.2 Å². The third-order valence-corrected chi connectivity index (χ3v) is 19.2. The van der Waals surface area contributed by atoms with Gasteiger partial charge in [0.1, 0.15) is 0 Å². The number of hydrogen-bond donors (Lipinski definition) is 0. The molecule has 8 bridgehead atoms. The fourth-order valence-corrected chi connectivity index (χ4v) is 15.2. The normalized spacial score (nSPS) is 11.8. The zero-order chi connectivity index (χ0) is 64.3. The topological polar surface area (TPSA) is 79.8 Å². The molecule has 6 nitrogen and oxygen atoms in total. The van der Waals surface area contributed by atoms with Crippen molar-refractivity contribution in [1.82, 2.24) is 29.9 Å². The maximum atomic E-state index is 5.67. The Labute approximate surface area is 559 Å².